The summed E-state index contributed by atoms with van der Waals surface area (Å²) in [5.74, 6) is -0.383. The summed E-state index contributed by atoms with van der Waals surface area (Å²) in [6.07, 6.45) is 2.06. The monoisotopic (exact) mass is 440 g/mol. The van der Waals surface area contributed by atoms with E-state index < -0.39 is 10.7 Å². The smallest absolute Gasteiger partial charge is 0.339 e. The molecular formula is C27H24N2O2S. The zero-order valence-electron chi connectivity index (χ0n) is 17.5. The van der Waals surface area contributed by atoms with Gasteiger partial charge < -0.3 is 10.8 Å². The van der Waals surface area contributed by atoms with Gasteiger partial charge in [-0.15, -0.1) is 11.8 Å². The van der Waals surface area contributed by atoms with Crippen molar-refractivity contribution in [2.75, 3.05) is 11.5 Å². The maximum absolute atomic E-state index is 11.7. The maximum atomic E-state index is 11.7. The Balaban J connectivity index is 1.78. The minimum Gasteiger partial charge on any atom is -0.478 e. The van der Waals surface area contributed by atoms with Crippen LogP contribution in [0.5, 0.6) is 0 Å². The van der Waals surface area contributed by atoms with Crippen molar-refractivity contribution in [1.82, 2.24) is 4.98 Å². The van der Waals surface area contributed by atoms with Gasteiger partial charge in [0.2, 0.25) is 0 Å². The van der Waals surface area contributed by atoms with Crippen molar-refractivity contribution >= 4 is 23.4 Å². The van der Waals surface area contributed by atoms with Crippen LogP contribution in [0.15, 0.2) is 103 Å². The molecule has 3 aromatic carbocycles. The summed E-state index contributed by atoms with van der Waals surface area (Å²) in [5, 5.41) is 9.61. The highest BCUT2D eigenvalue weighted by Crippen LogP contribution is 2.48. The zero-order chi connectivity index (χ0) is 22.4. The van der Waals surface area contributed by atoms with Gasteiger partial charge in [-0.3, -0.25) is 4.98 Å². The van der Waals surface area contributed by atoms with Gasteiger partial charge in [0, 0.05) is 17.6 Å². The van der Waals surface area contributed by atoms with Crippen molar-refractivity contribution in [3.05, 3.63) is 131 Å². The molecule has 3 N–H and O–H groups in total. The molecule has 160 valence electrons. The van der Waals surface area contributed by atoms with Crippen LogP contribution in [0.3, 0.4) is 0 Å². The van der Waals surface area contributed by atoms with Gasteiger partial charge in [-0.25, -0.2) is 4.79 Å². The Hall–Kier alpha value is -3.57. The van der Waals surface area contributed by atoms with E-state index in [1.165, 1.54) is 22.8 Å². The molecule has 0 aliphatic rings. The third-order valence-electron chi connectivity index (χ3n) is 5.47. The van der Waals surface area contributed by atoms with E-state index in [0.29, 0.717) is 17.9 Å². The van der Waals surface area contributed by atoms with E-state index in [4.69, 9.17) is 5.73 Å². The highest BCUT2D eigenvalue weighted by Gasteiger charge is 2.36. The number of anilines is 1. The molecule has 1 aromatic heterocycles. The lowest BCUT2D eigenvalue weighted by Crippen LogP contribution is -2.26. The molecule has 0 saturated heterocycles. The number of nitrogens with two attached hydrogens (primary N) is 1. The van der Waals surface area contributed by atoms with Gasteiger partial charge in [-0.05, 0) is 29.2 Å². The second-order valence-electron chi connectivity index (χ2n) is 7.40. The fraction of sp³-hybridized carbons (Fsp3) is 0.111. The molecule has 5 heteroatoms. The summed E-state index contributed by atoms with van der Waals surface area (Å²) < 4.78 is -0.451. The number of carboxylic acids is 1. The van der Waals surface area contributed by atoms with Crippen molar-refractivity contribution in [3.63, 3.8) is 0 Å². The average Bonchev–Trinajstić information content (AvgIpc) is 2.83. The van der Waals surface area contributed by atoms with E-state index in [2.05, 4.69) is 77.8 Å². The van der Waals surface area contributed by atoms with Gasteiger partial charge in [0.25, 0.3) is 0 Å². The molecule has 0 saturated carbocycles. The average molecular weight is 441 g/mol. The molecule has 4 rings (SSSR count). The van der Waals surface area contributed by atoms with Crippen LogP contribution in [0.2, 0.25) is 0 Å². The van der Waals surface area contributed by atoms with Crippen LogP contribution in [0.4, 0.5) is 5.69 Å². The molecule has 0 fully saturated rings. The fourth-order valence-corrected chi connectivity index (χ4v) is 5.54. The number of aryl methyl sites for hydroxylation is 1. The molecule has 0 amide bonds. The molecule has 0 aliphatic carbocycles. The summed E-state index contributed by atoms with van der Waals surface area (Å²) in [5.41, 5.74) is 10.3. The van der Waals surface area contributed by atoms with Gasteiger partial charge in [0.15, 0.2) is 0 Å². The first kappa shape index (κ1) is 21.7. The number of carbonyl (C=O) groups is 1. The quantitative estimate of drug-likeness (QED) is 0.347. The van der Waals surface area contributed by atoms with Crippen LogP contribution < -0.4 is 5.73 Å². The second kappa shape index (κ2) is 9.71. The fourth-order valence-electron chi connectivity index (χ4n) is 4.03. The Labute approximate surface area is 192 Å². The number of aromatic carboxylic acids is 1. The standard InChI is InChI=1S/C27H24N2O2S/c28-23-16-18-29-24(25(23)26(30)31)17-19-32-27(20-10-4-1-5-11-20,21-12-6-2-7-13-21)22-14-8-3-9-15-22/h1-16,18H,17,19H2,(H2,28,29)(H,30,31). The number of hydrogen-bond donors (Lipinski definition) is 2. The third-order valence-corrected chi connectivity index (χ3v) is 7.02. The minimum atomic E-state index is -1.05. The predicted molar refractivity (Wildman–Crippen MR) is 131 cm³/mol. The van der Waals surface area contributed by atoms with E-state index >= 15 is 0 Å². The molecular weight excluding hydrogens is 416 g/mol. The highest BCUT2D eigenvalue weighted by molar-refractivity contribution is 8.00. The summed E-state index contributed by atoms with van der Waals surface area (Å²) in [7, 11) is 0. The van der Waals surface area contributed by atoms with Crippen LogP contribution >= 0.6 is 11.8 Å². The van der Waals surface area contributed by atoms with Crippen LogP contribution in [0, 0.1) is 0 Å². The van der Waals surface area contributed by atoms with Crippen molar-refractivity contribution in [1.29, 1.82) is 0 Å². The molecule has 32 heavy (non-hydrogen) atoms. The summed E-state index contributed by atoms with van der Waals surface area (Å²) in [6.45, 7) is 0. The third kappa shape index (κ3) is 4.25. The number of nitrogens with zero attached hydrogens (tertiary/aromatic N) is 1. The van der Waals surface area contributed by atoms with Crippen LogP contribution in [-0.4, -0.2) is 21.8 Å². The van der Waals surface area contributed by atoms with Crippen LogP contribution in [0.1, 0.15) is 32.7 Å². The van der Waals surface area contributed by atoms with Gasteiger partial charge in [-0.2, -0.15) is 0 Å². The molecule has 1 heterocycles. The first-order chi connectivity index (χ1) is 15.6. The van der Waals surface area contributed by atoms with Gasteiger partial charge in [0.05, 0.1) is 10.4 Å². The lowest BCUT2D eigenvalue weighted by molar-refractivity contribution is 0.0696. The molecule has 0 bridgehead atoms. The number of thioether (sulfide) groups is 1. The van der Waals surface area contributed by atoms with Crippen molar-refractivity contribution in [3.8, 4) is 0 Å². The minimum absolute atomic E-state index is 0.0952. The van der Waals surface area contributed by atoms with E-state index in [1.807, 2.05) is 18.2 Å². The Morgan fingerprint density at radius 1 is 0.812 bits per heavy atom. The number of hydrogen-bond acceptors (Lipinski definition) is 4. The lowest BCUT2D eigenvalue weighted by Gasteiger charge is -2.35. The van der Waals surface area contributed by atoms with E-state index in [-0.39, 0.29) is 11.3 Å². The van der Waals surface area contributed by atoms with E-state index in [0.717, 1.165) is 0 Å². The summed E-state index contributed by atoms with van der Waals surface area (Å²) in [4.78, 5) is 16.1. The summed E-state index contributed by atoms with van der Waals surface area (Å²) in [6, 6.07) is 32.8. The van der Waals surface area contributed by atoms with Crippen molar-refractivity contribution in [2.45, 2.75) is 11.2 Å². The molecule has 0 aliphatic heterocycles. The number of nitrogen functional groups attached to an aromatic ring is 1. The molecule has 0 atom stereocenters. The predicted octanol–water partition coefficient (Wildman–Crippen LogP) is 5.63. The van der Waals surface area contributed by atoms with Gasteiger partial charge in [-0.1, -0.05) is 91.0 Å². The lowest BCUT2D eigenvalue weighted by atomic mass is 9.84. The number of pyridine rings is 1. The first-order valence-electron chi connectivity index (χ1n) is 10.4. The summed E-state index contributed by atoms with van der Waals surface area (Å²) >= 11 is 1.78. The molecule has 0 radical (unpaired) electrons. The van der Waals surface area contributed by atoms with Crippen LogP contribution in [0.25, 0.3) is 0 Å². The first-order valence-corrected chi connectivity index (χ1v) is 11.4. The van der Waals surface area contributed by atoms with Crippen molar-refractivity contribution in [2.24, 2.45) is 0 Å². The largest absolute Gasteiger partial charge is 0.478 e. The Morgan fingerprint density at radius 3 is 1.72 bits per heavy atom. The number of benzene rings is 3. The van der Waals surface area contributed by atoms with Gasteiger partial charge in [0.1, 0.15) is 5.56 Å². The zero-order valence-corrected chi connectivity index (χ0v) is 18.3. The number of aromatic nitrogens is 1. The Morgan fingerprint density at radius 2 is 1.28 bits per heavy atom. The van der Waals surface area contributed by atoms with Crippen LogP contribution in [-0.2, 0) is 11.2 Å². The topological polar surface area (TPSA) is 76.2 Å². The van der Waals surface area contributed by atoms with E-state index in [1.54, 1.807) is 18.0 Å². The Kier molecular flexibility index (Phi) is 6.57. The van der Waals surface area contributed by atoms with Gasteiger partial charge >= 0.3 is 5.97 Å². The molecule has 0 spiro atoms. The SMILES string of the molecule is Nc1ccnc(CCSC(c2ccccc2)(c2ccccc2)c2ccccc2)c1C(=O)O. The van der Waals surface area contributed by atoms with Crippen molar-refractivity contribution < 1.29 is 9.90 Å². The van der Waals surface area contributed by atoms with E-state index in [9.17, 15) is 9.90 Å². The number of carboxylic acid groups (broad SMARTS) is 1. The number of rotatable bonds is 8. The molecule has 4 nitrogen and oxygen atoms in total. The maximum Gasteiger partial charge on any atom is 0.339 e. The molecule has 0 unspecified atom stereocenters. The normalized spacial score (nSPS) is 11.2. The molecule has 4 aromatic rings. The second-order valence-corrected chi connectivity index (χ2v) is 8.71. The highest BCUT2D eigenvalue weighted by atomic mass is 32.2. The Bertz CT molecular complexity index is 1090.